The fourth-order valence-electron chi connectivity index (χ4n) is 2.48. The molecule has 0 amide bonds. The minimum Gasteiger partial charge on any atom is -0.302 e. The Morgan fingerprint density at radius 1 is 1.19 bits per heavy atom. The van der Waals surface area contributed by atoms with E-state index in [-0.39, 0.29) is 0 Å². The van der Waals surface area contributed by atoms with Crippen molar-refractivity contribution in [1.82, 2.24) is 4.90 Å². The molecule has 1 aliphatic rings. The van der Waals surface area contributed by atoms with Gasteiger partial charge in [0.05, 0.1) is 12.0 Å². The lowest BCUT2D eigenvalue weighted by Crippen LogP contribution is -2.35. The zero-order valence-electron chi connectivity index (χ0n) is 10.7. The van der Waals surface area contributed by atoms with E-state index in [1.165, 1.54) is 58.0 Å². The van der Waals surface area contributed by atoms with E-state index >= 15 is 0 Å². The number of piperidine rings is 1. The predicted molar refractivity (Wildman–Crippen MR) is 68.2 cm³/mol. The molecule has 0 bridgehead atoms. The van der Waals surface area contributed by atoms with Gasteiger partial charge in [-0.05, 0) is 32.4 Å². The number of nitrogens with zero attached hydrogens (tertiary/aromatic N) is 2. The van der Waals surface area contributed by atoms with Crippen LogP contribution in [0, 0.1) is 17.2 Å². The monoisotopic (exact) mass is 222 g/mol. The van der Waals surface area contributed by atoms with Crippen LogP contribution in [0.25, 0.3) is 0 Å². The maximum Gasteiger partial charge on any atom is 0.0669 e. The van der Waals surface area contributed by atoms with Crippen molar-refractivity contribution in [3.8, 4) is 6.07 Å². The van der Waals surface area contributed by atoms with Crippen LogP contribution in [-0.4, -0.2) is 24.5 Å². The number of hydrogen-bond acceptors (Lipinski definition) is 2. The Labute approximate surface area is 101 Å². The number of rotatable bonds is 7. The molecule has 0 aliphatic carbocycles. The molecule has 0 N–H and O–H groups in total. The van der Waals surface area contributed by atoms with Crippen molar-refractivity contribution in [2.24, 2.45) is 5.92 Å². The van der Waals surface area contributed by atoms with Crippen molar-refractivity contribution in [3.63, 3.8) is 0 Å². The van der Waals surface area contributed by atoms with Crippen LogP contribution in [0.3, 0.4) is 0 Å². The molecule has 1 atom stereocenters. The topological polar surface area (TPSA) is 27.0 Å². The zero-order chi connectivity index (χ0) is 11.6. The second kappa shape index (κ2) is 8.58. The van der Waals surface area contributed by atoms with Crippen LogP contribution in [0.5, 0.6) is 0 Å². The van der Waals surface area contributed by atoms with Crippen LogP contribution >= 0.6 is 0 Å². The fourth-order valence-corrected chi connectivity index (χ4v) is 2.48. The molecule has 1 rings (SSSR count). The number of unbranched alkanes of at least 4 members (excludes halogenated alkanes) is 5. The summed E-state index contributed by atoms with van der Waals surface area (Å²) in [5, 5.41) is 8.90. The summed E-state index contributed by atoms with van der Waals surface area (Å²) >= 11 is 0. The molecule has 1 unspecified atom stereocenters. The maximum atomic E-state index is 8.90. The minimum absolute atomic E-state index is 0.300. The van der Waals surface area contributed by atoms with E-state index in [2.05, 4.69) is 17.9 Å². The van der Waals surface area contributed by atoms with E-state index < -0.39 is 0 Å². The fraction of sp³-hybridized carbons (Fsp3) is 0.929. The summed E-state index contributed by atoms with van der Waals surface area (Å²) in [5.74, 6) is 0.300. The van der Waals surface area contributed by atoms with E-state index in [0.717, 1.165) is 13.0 Å². The molecule has 1 saturated heterocycles. The summed E-state index contributed by atoms with van der Waals surface area (Å²) in [7, 11) is 0. The first kappa shape index (κ1) is 13.5. The van der Waals surface area contributed by atoms with Crippen LogP contribution in [0.15, 0.2) is 0 Å². The molecule has 0 aromatic rings. The summed E-state index contributed by atoms with van der Waals surface area (Å²) in [6, 6.07) is 2.41. The minimum atomic E-state index is 0.300. The van der Waals surface area contributed by atoms with Gasteiger partial charge in [-0.15, -0.1) is 0 Å². The van der Waals surface area contributed by atoms with E-state index in [4.69, 9.17) is 5.26 Å². The molecular formula is C14H26N2. The largest absolute Gasteiger partial charge is 0.302 e. The second-order valence-corrected chi connectivity index (χ2v) is 5.04. The quantitative estimate of drug-likeness (QED) is 0.616. The van der Waals surface area contributed by atoms with Gasteiger partial charge in [0.15, 0.2) is 0 Å². The van der Waals surface area contributed by atoms with Crippen molar-refractivity contribution < 1.29 is 0 Å². The highest BCUT2D eigenvalue weighted by molar-refractivity contribution is 4.88. The van der Waals surface area contributed by atoms with Crippen molar-refractivity contribution in [2.45, 2.75) is 58.3 Å². The Morgan fingerprint density at radius 3 is 2.69 bits per heavy atom. The molecule has 2 heteroatoms. The van der Waals surface area contributed by atoms with E-state index in [0.29, 0.717) is 5.92 Å². The highest BCUT2D eigenvalue weighted by Gasteiger charge is 2.18. The molecule has 1 fully saturated rings. The Morgan fingerprint density at radius 2 is 1.94 bits per heavy atom. The first-order valence-corrected chi connectivity index (χ1v) is 6.98. The van der Waals surface area contributed by atoms with E-state index in [1.54, 1.807) is 0 Å². The highest BCUT2D eigenvalue weighted by Crippen LogP contribution is 2.16. The van der Waals surface area contributed by atoms with Crippen LogP contribution in [0.1, 0.15) is 58.3 Å². The molecule has 0 aromatic heterocycles. The third-order valence-corrected chi connectivity index (χ3v) is 3.52. The molecule has 1 heterocycles. The second-order valence-electron chi connectivity index (χ2n) is 5.04. The van der Waals surface area contributed by atoms with Gasteiger partial charge in [-0.3, -0.25) is 0 Å². The number of nitriles is 1. The smallest absolute Gasteiger partial charge is 0.0669 e. The van der Waals surface area contributed by atoms with Gasteiger partial charge in [-0.1, -0.05) is 39.0 Å². The van der Waals surface area contributed by atoms with Crippen molar-refractivity contribution in [1.29, 1.82) is 5.26 Å². The van der Waals surface area contributed by atoms with Crippen LogP contribution in [0.4, 0.5) is 0 Å². The molecule has 2 nitrogen and oxygen atoms in total. The molecule has 0 radical (unpaired) electrons. The Kier molecular flexibility index (Phi) is 7.25. The average molecular weight is 222 g/mol. The van der Waals surface area contributed by atoms with Gasteiger partial charge in [0.2, 0.25) is 0 Å². The SMILES string of the molecule is CCCCCCCCN1CCCC(C#N)C1. The summed E-state index contributed by atoms with van der Waals surface area (Å²) < 4.78 is 0. The lowest BCUT2D eigenvalue weighted by molar-refractivity contribution is 0.196. The van der Waals surface area contributed by atoms with Gasteiger partial charge >= 0.3 is 0 Å². The van der Waals surface area contributed by atoms with E-state index in [1.807, 2.05) is 0 Å². The maximum absolute atomic E-state index is 8.90. The normalized spacial score (nSPS) is 21.9. The number of likely N-dealkylation sites (tertiary alicyclic amines) is 1. The average Bonchev–Trinajstić information content (AvgIpc) is 2.34. The predicted octanol–water partition coefficient (Wildman–Crippen LogP) is 3.58. The van der Waals surface area contributed by atoms with Gasteiger partial charge in [0.1, 0.15) is 0 Å². The van der Waals surface area contributed by atoms with Crippen LogP contribution < -0.4 is 0 Å². The Bertz CT molecular complexity index is 207. The number of hydrogen-bond donors (Lipinski definition) is 0. The molecule has 1 aliphatic heterocycles. The van der Waals surface area contributed by atoms with Gasteiger partial charge in [0, 0.05) is 6.54 Å². The zero-order valence-corrected chi connectivity index (χ0v) is 10.7. The van der Waals surface area contributed by atoms with Crippen LogP contribution in [0.2, 0.25) is 0 Å². The van der Waals surface area contributed by atoms with Gasteiger partial charge < -0.3 is 4.90 Å². The molecule has 92 valence electrons. The van der Waals surface area contributed by atoms with Gasteiger partial charge in [-0.2, -0.15) is 5.26 Å². The van der Waals surface area contributed by atoms with E-state index in [9.17, 15) is 0 Å². The first-order valence-electron chi connectivity index (χ1n) is 6.98. The lowest BCUT2D eigenvalue weighted by atomic mass is 9.99. The molecule has 0 aromatic carbocycles. The van der Waals surface area contributed by atoms with Crippen molar-refractivity contribution >= 4 is 0 Å². The highest BCUT2D eigenvalue weighted by atomic mass is 15.1. The summed E-state index contributed by atoms with van der Waals surface area (Å²) in [6.07, 6.45) is 10.5. The first-order chi connectivity index (χ1) is 7.86. The van der Waals surface area contributed by atoms with Crippen molar-refractivity contribution in [3.05, 3.63) is 0 Å². The molecular weight excluding hydrogens is 196 g/mol. The van der Waals surface area contributed by atoms with Crippen LogP contribution in [-0.2, 0) is 0 Å². The molecule has 0 spiro atoms. The summed E-state index contributed by atoms with van der Waals surface area (Å²) in [5.41, 5.74) is 0. The third-order valence-electron chi connectivity index (χ3n) is 3.52. The molecule has 16 heavy (non-hydrogen) atoms. The van der Waals surface area contributed by atoms with Gasteiger partial charge in [0.25, 0.3) is 0 Å². The lowest BCUT2D eigenvalue weighted by Gasteiger charge is -2.29. The molecule has 0 saturated carbocycles. The van der Waals surface area contributed by atoms with Gasteiger partial charge in [-0.25, -0.2) is 0 Å². The third kappa shape index (κ3) is 5.51. The van der Waals surface area contributed by atoms with Crippen molar-refractivity contribution in [2.75, 3.05) is 19.6 Å². The summed E-state index contributed by atoms with van der Waals surface area (Å²) in [4.78, 5) is 2.48. The summed E-state index contributed by atoms with van der Waals surface area (Å²) in [6.45, 7) is 5.71. The Balaban J connectivity index is 1.98. The Hall–Kier alpha value is -0.550. The standard InChI is InChI=1S/C14H26N2/c1-2-3-4-5-6-7-10-16-11-8-9-14(12-15)13-16/h14H,2-11,13H2,1H3.